The van der Waals surface area contributed by atoms with Crippen LogP contribution in [0.4, 0.5) is 0 Å². The smallest absolute Gasteiger partial charge is 0.331 e. The number of hydrogen-bond donors (Lipinski definition) is 1. The van der Waals surface area contributed by atoms with E-state index in [-0.39, 0.29) is 6.10 Å². The van der Waals surface area contributed by atoms with E-state index in [1.54, 1.807) is 0 Å². The fourth-order valence-electron chi connectivity index (χ4n) is 2.45. The molecule has 1 fully saturated rings. The molecule has 1 aliphatic heterocycles. The molecule has 21 heavy (non-hydrogen) atoms. The van der Waals surface area contributed by atoms with E-state index in [1.807, 2.05) is 0 Å². The van der Waals surface area contributed by atoms with Crippen molar-refractivity contribution < 1.29 is 14.6 Å². The zero-order valence-corrected chi connectivity index (χ0v) is 13.4. The lowest BCUT2D eigenvalue weighted by atomic mass is 10.1. The van der Waals surface area contributed by atoms with Gasteiger partial charge in [-0.3, -0.25) is 0 Å². The molecule has 0 spiro atoms. The molecule has 1 rings (SSSR count). The minimum absolute atomic E-state index is 0.0770. The summed E-state index contributed by atoms with van der Waals surface area (Å²) < 4.78 is 5.19. The molecule has 1 aliphatic rings. The molecule has 1 heterocycles. The minimum atomic E-state index is -0.912. The molecule has 3 heteroatoms. The molecule has 0 bridgehead atoms. The molecule has 0 aromatic rings. The Morgan fingerprint density at radius 3 is 2.33 bits per heavy atom. The summed E-state index contributed by atoms with van der Waals surface area (Å²) in [5.41, 5.74) is 0. The standard InChI is InChI=1S/C18H30O3/c1-2-3-4-5-6-7-8-9-10-11-12-13-14-16-17(21-16)15-18(19)20/h9-10,15-16H,2-8,11-14H2,1H3,(H,19,20)/b10-9?,17-15-. The third-order valence-electron chi connectivity index (χ3n) is 3.78. The maximum absolute atomic E-state index is 10.4. The number of ether oxygens (including phenoxy) is 1. The molecule has 0 amide bonds. The molecule has 120 valence electrons. The van der Waals surface area contributed by atoms with Gasteiger partial charge >= 0.3 is 5.97 Å². The van der Waals surface area contributed by atoms with Crippen molar-refractivity contribution in [1.82, 2.24) is 0 Å². The molecule has 0 radical (unpaired) electrons. The van der Waals surface area contributed by atoms with E-state index in [4.69, 9.17) is 9.84 Å². The highest BCUT2D eigenvalue weighted by Gasteiger charge is 2.32. The van der Waals surface area contributed by atoms with Gasteiger partial charge in [0.1, 0.15) is 5.76 Å². The molecule has 1 atom stereocenters. The van der Waals surface area contributed by atoms with Gasteiger partial charge in [-0.25, -0.2) is 4.79 Å². The van der Waals surface area contributed by atoms with Crippen LogP contribution in [0.5, 0.6) is 0 Å². The summed E-state index contributed by atoms with van der Waals surface area (Å²) >= 11 is 0. The van der Waals surface area contributed by atoms with Crippen molar-refractivity contribution >= 4 is 5.97 Å². The number of allylic oxidation sites excluding steroid dienone is 2. The van der Waals surface area contributed by atoms with E-state index in [9.17, 15) is 4.79 Å². The molecule has 0 aromatic heterocycles. The van der Waals surface area contributed by atoms with Crippen molar-refractivity contribution in [2.24, 2.45) is 0 Å². The van der Waals surface area contributed by atoms with Gasteiger partial charge in [0.05, 0.1) is 6.08 Å². The molecule has 1 saturated heterocycles. The summed E-state index contributed by atoms with van der Waals surface area (Å²) in [7, 11) is 0. The number of unbranched alkanes of at least 4 members (excludes halogenated alkanes) is 8. The Kier molecular flexibility index (Phi) is 9.68. The lowest BCUT2D eigenvalue weighted by molar-refractivity contribution is -0.131. The minimum Gasteiger partial charge on any atom is -0.483 e. The quantitative estimate of drug-likeness (QED) is 0.219. The van der Waals surface area contributed by atoms with Crippen molar-refractivity contribution in [3.8, 4) is 0 Å². The van der Waals surface area contributed by atoms with Gasteiger partial charge in [0.25, 0.3) is 0 Å². The number of rotatable bonds is 13. The van der Waals surface area contributed by atoms with Crippen molar-refractivity contribution in [2.75, 3.05) is 0 Å². The van der Waals surface area contributed by atoms with E-state index >= 15 is 0 Å². The van der Waals surface area contributed by atoms with Crippen molar-refractivity contribution in [1.29, 1.82) is 0 Å². The second-order valence-corrected chi connectivity index (χ2v) is 5.80. The van der Waals surface area contributed by atoms with Crippen LogP contribution in [0, 0.1) is 0 Å². The van der Waals surface area contributed by atoms with Crippen LogP contribution in [0.2, 0.25) is 0 Å². The van der Waals surface area contributed by atoms with Crippen LogP contribution >= 0.6 is 0 Å². The Balaban J connectivity index is 1.82. The van der Waals surface area contributed by atoms with Gasteiger partial charge in [0.15, 0.2) is 6.10 Å². The predicted octanol–water partition coefficient (Wildman–Crippen LogP) is 5.22. The number of carbonyl (C=O) groups is 1. The average Bonchev–Trinajstić information content (AvgIpc) is 3.17. The van der Waals surface area contributed by atoms with Crippen molar-refractivity contribution in [3.05, 3.63) is 24.0 Å². The first-order valence-electron chi connectivity index (χ1n) is 8.50. The first-order chi connectivity index (χ1) is 10.2. The first kappa shape index (κ1) is 17.8. The highest BCUT2D eigenvalue weighted by Crippen LogP contribution is 2.31. The zero-order valence-electron chi connectivity index (χ0n) is 13.4. The van der Waals surface area contributed by atoms with Gasteiger partial charge in [-0.05, 0) is 38.5 Å². The average molecular weight is 294 g/mol. The van der Waals surface area contributed by atoms with E-state index in [1.165, 1.54) is 51.0 Å². The van der Waals surface area contributed by atoms with Gasteiger partial charge in [-0.15, -0.1) is 0 Å². The second-order valence-electron chi connectivity index (χ2n) is 5.80. The summed E-state index contributed by atoms with van der Waals surface area (Å²) in [5, 5.41) is 8.55. The lowest BCUT2D eigenvalue weighted by Gasteiger charge is -1.97. The van der Waals surface area contributed by atoms with Crippen LogP contribution in [0.15, 0.2) is 24.0 Å². The molecule has 3 nitrogen and oxygen atoms in total. The van der Waals surface area contributed by atoms with Gasteiger partial charge in [-0.1, -0.05) is 51.2 Å². The maximum Gasteiger partial charge on any atom is 0.331 e. The van der Waals surface area contributed by atoms with Crippen molar-refractivity contribution in [2.45, 2.75) is 83.7 Å². The van der Waals surface area contributed by atoms with Crippen LogP contribution in [0.25, 0.3) is 0 Å². The topological polar surface area (TPSA) is 49.8 Å². The molecular weight excluding hydrogens is 264 g/mol. The summed E-state index contributed by atoms with van der Waals surface area (Å²) in [4.78, 5) is 10.4. The fraction of sp³-hybridized carbons (Fsp3) is 0.722. The predicted molar refractivity (Wildman–Crippen MR) is 86.2 cm³/mol. The molecule has 0 aromatic carbocycles. The fourth-order valence-corrected chi connectivity index (χ4v) is 2.45. The van der Waals surface area contributed by atoms with Gasteiger partial charge in [-0.2, -0.15) is 0 Å². The maximum atomic E-state index is 10.4. The summed E-state index contributed by atoms with van der Waals surface area (Å²) in [6.07, 6.45) is 19.5. The molecule has 1 unspecified atom stereocenters. The Bertz CT molecular complexity index is 344. The molecule has 0 aliphatic carbocycles. The summed E-state index contributed by atoms with van der Waals surface area (Å²) in [6, 6.07) is 0. The number of hydrogen-bond acceptors (Lipinski definition) is 2. The Labute approximate surface area is 129 Å². The van der Waals surface area contributed by atoms with Gasteiger partial charge in [0.2, 0.25) is 0 Å². The Morgan fingerprint density at radius 1 is 1.05 bits per heavy atom. The number of carboxylic acids is 1. The normalized spacial score (nSPS) is 19.1. The van der Waals surface area contributed by atoms with Gasteiger partial charge < -0.3 is 9.84 Å². The molecule has 1 N–H and O–H groups in total. The summed E-state index contributed by atoms with van der Waals surface area (Å²) in [6.45, 7) is 2.25. The number of aliphatic carboxylic acids is 1. The molecule has 0 saturated carbocycles. The van der Waals surface area contributed by atoms with Crippen LogP contribution in [-0.2, 0) is 9.53 Å². The van der Waals surface area contributed by atoms with Crippen LogP contribution in [-0.4, -0.2) is 17.2 Å². The zero-order chi connectivity index (χ0) is 15.3. The Hall–Kier alpha value is -1.25. The third-order valence-corrected chi connectivity index (χ3v) is 3.78. The van der Waals surface area contributed by atoms with E-state index in [0.29, 0.717) is 5.76 Å². The first-order valence-corrected chi connectivity index (χ1v) is 8.50. The van der Waals surface area contributed by atoms with Gasteiger partial charge in [0, 0.05) is 0 Å². The van der Waals surface area contributed by atoms with Crippen molar-refractivity contribution in [3.63, 3.8) is 0 Å². The largest absolute Gasteiger partial charge is 0.483 e. The Morgan fingerprint density at radius 2 is 1.67 bits per heavy atom. The lowest BCUT2D eigenvalue weighted by Crippen LogP contribution is -1.88. The monoisotopic (exact) mass is 294 g/mol. The van der Waals surface area contributed by atoms with Crippen LogP contribution in [0.3, 0.4) is 0 Å². The summed E-state index contributed by atoms with van der Waals surface area (Å²) in [5.74, 6) is -0.272. The second kappa shape index (κ2) is 11.4. The number of carboxylic acid groups (broad SMARTS) is 1. The van der Waals surface area contributed by atoms with Crippen LogP contribution in [0.1, 0.15) is 77.6 Å². The highest BCUT2D eigenvalue weighted by atomic mass is 16.6. The van der Waals surface area contributed by atoms with E-state index < -0.39 is 5.97 Å². The highest BCUT2D eigenvalue weighted by molar-refractivity contribution is 5.81. The van der Waals surface area contributed by atoms with Crippen LogP contribution < -0.4 is 0 Å². The van der Waals surface area contributed by atoms with E-state index in [2.05, 4.69) is 19.1 Å². The number of epoxide rings is 1. The van der Waals surface area contributed by atoms with E-state index in [0.717, 1.165) is 25.7 Å². The SMILES string of the molecule is CCCCCCCCC=CCCCCC1O/C1=C\C(=O)O. The third kappa shape index (κ3) is 10.2. The molecular formula is C18H30O3.